The van der Waals surface area contributed by atoms with Gasteiger partial charge in [0.05, 0.1) is 13.2 Å². The summed E-state index contributed by atoms with van der Waals surface area (Å²) in [5, 5.41) is 3.01. The Kier molecular flexibility index (Phi) is 3.76. The smallest absolute Gasteiger partial charge is 0.246 e. The summed E-state index contributed by atoms with van der Waals surface area (Å²) in [7, 11) is 1.58. The Balaban J connectivity index is 1.57. The standard InChI is InChI=1S/C24H23N3O4/c1-31-15-9-10-16-17(12-15)25-23(30)24(16)13-19-21(28)26-11-5-8-18(26)22(29)27(19)20(24)14-6-3-2-4-7-14/h2-4,6-7,9-10,12,18-20H,5,8,11,13H2,1H3,(H,25,30)/t18-,19+,20+,24+/m0/s1. The summed E-state index contributed by atoms with van der Waals surface area (Å²) >= 11 is 0. The van der Waals surface area contributed by atoms with Gasteiger partial charge in [-0.2, -0.15) is 0 Å². The second-order valence-electron chi connectivity index (χ2n) is 8.81. The summed E-state index contributed by atoms with van der Waals surface area (Å²) in [6, 6.07) is 13.6. The van der Waals surface area contributed by atoms with Crippen LogP contribution in [-0.2, 0) is 19.8 Å². The van der Waals surface area contributed by atoms with E-state index in [0.717, 1.165) is 17.5 Å². The Morgan fingerprint density at radius 2 is 1.84 bits per heavy atom. The molecule has 3 saturated heterocycles. The van der Waals surface area contributed by atoms with Crippen LogP contribution in [0.5, 0.6) is 5.75 Å². The van der Waals surface area contributed by atoms with Crippen LogP contribution in [0, 0.1) is 0 Å². The third-order valence-electron chi connectivity index (χ3n) is 7.43. The summed E-state index contributed by atoms with van der Waals surface area (Å²) in [5.41, 5.74) is 1.36. The maximum absolute atomic E-state index is 13.7. The molecule has 2 aromatic rings. The Hall–Kier alpha value is -3.35. The lowest BCUT2D eigenvalue weighted by Gasteiger charge is -2.42. The van der Waals surface area contributed by atoms with E-state index in [1.54, 1.807) is 16.9 Å². The molecular formula is C24H23N3O4. The highest BCUT2D eigenvalue weighted by molar-refractivity contribution is 6.10. The van der Waals surface area contributed by atoms with E-state index in [0.29, 0.717) is 24.4 Å². The van der Waals surface area contributed by atoms with Crippen molar-refractivity contribution in [2.75, 3.05) is 19.0 Å². The van der Waals surface area contributed by atoms with Gasteiger partial charge < -0.3 is 19.9 Å². The van der Waals surface area contributed by atoms with Crippen LogP contribution in [0.2, 0.25) is 0 Å². The molecule has 4 heterocycles. The minimum Gasteiger partial charge on any atom is -0.497 e. The molecule has 4 aliphatic rings. The van der Waals surface area contributed by atoms with Crippen molar-refractivity contribution in [1.82, 2.24) is 9.80 Å². The summed E-state index contributed by atoms with van der Waals surface area (Å²) < 4.78 is 5.34. The van der Waals surface area contributed by atoms with Crippen LogP contribution in [-0.4, -0.2) is 53.3 Å². The normalized spacial score (nSPS) is 31.0. The Labute approximate surface area is 180 Å². The molecule has 2 aromatic carbocycles. The van der Waals surface area contributed by atoms with Gasteiger partial charge in [-0.3, -0.25) is 14.4 Å². The second-order valence-corrected chi connectivity index (χ2v) is 8.81. The van der Waals surface area contributed by atoms with Crippen LogP contribution < -0.4 is 10.1 Å². The summed E-state index contributed by atoms with van der Waals surface area (Å²) in [4.78, 5) is 44.2. The molecule has 3 fully saturated rings. The summed E-state index contributed by atoms with van der Waals surface area (Å²) in [6.45, 7) is 0.614. The van der Waals surface area contributed by atoms with Crippen molar-refractivity contribution in [2.45, 2.75) is 42.8 Å². The first kappa shape index (κ1) is 18.4. The zero-order chi connectivity index (χ0) is 21.3. The molecule has 7 heteroatoms. The predicted octanol–water partition coefficient (Wildman–Crippen LogP) is 2.23. The fraction of sp³-hybridized carbons (Fsp3) is 0.375. The molecule has 158 valence electrons. The summed E-state index contributed by atoms with van der Waals surface area (Å²) in [6.07, 6.45) is 1.81. The second kappa shape index (κ2) is 6.33. The van der Waals surface area contributed by atoms with Crippen LogP contribution in [0.1, 0.15) is 36.4 Å². The van der Waals surface area contributed by atoms with Crippen LogP contribution in [0.3, 0.4) is 0 Å². The van der Waals surface area contributed by atoms with Gasteiger partial charge in [0.15, 0.2) is 0 Å². The number of nitrogens with one attached hydrogen (secondary N) is 1. The lowest BCUT2D eigenvalue weighted by molar-refractivity contribution is -0.159. The van der Waals surface area contributed by atoms with E-state index in [2.05, 4.69) is 5.32 Å². The maximum atomic E-state index is 13.7. The maximum Gasteiger partial charge on any atom is 0.246 e. The molecule has 0 saturated carbocycles. The fourth-order valence-corrected chi connectivity index (χ4v) is 6.12. The minimum absolute atomic E-state index is 0.0327. The molecule has 6 rings (SSSR count). The van der Waals surface area contributed by atoms with Gasteiger partial charge in [0.2, 0.25) is 17.7 Å². The number of carbonyl (C=O) groups is 3. The molecule has 31 heavy (non-hydrogen) atoms. The van der Waals surface area contributed by atoms with Gasteiger partial charge in [-0.25, -0.2) is 0 Å². The largest absolute Gasteiger partial charge is 0.497 e. The molecule has 0 radical (unpaired) electrons. The van der Waals surface area contributed by atoms with Gasteiger partial charge in [-0.1, -0.05) is 36.4 Å². The lowest BCUT2D eigenvalue weighted by atomic mass is 9.72. The van der Waals surface area contributed by atoms with E-state index in [1.807, 2.05) is 48.5 Å². The van der Waals surface area contributed by atoms with E-state index in [1.165, 1.54) is 0 Å². The Bertz CT molecular complexity index is 1120. The number of piperazine rings is 1. The number of anilines is 1. The fourth-order valence-electron chi connectivity index (χ4n) is 6.12. The predicted molar refractivity (Wildman–Crippen MR) is 112 cm³/mol. The Morgan fingerprint density at radius 1 is 1.03 bits per heavy atom. The van der Waals surface area contributed by atoms with Gasteiger partial charge in [-0.15, -0.1) is 0 Å². The van der Waals surface area contributed by atoms with E-state index >= 15 is 0 Å². The molecule has 4 aliphatic heterocycles. The molecular weight excluding hydrogens is 394 g/mol. The highest BCUT2D eigenvalue weighted by Gasteiger charge is 2.67. The molecule has 0 aliphatic carbocycles. The number of benzene rings is 2. The zero-order valence-corrected chi connectivity index (χ0v) is 17.2. The SMILES string of the molecule is COc1ccc2c(c1)NC(=O)[C@]21C[C@@H]2C(=O)N3CCC[C@H]3C(=O)N2[C@@H]1c1ccccc1. The van der Waals surface area contributed by atoms with Crippen LogP contribution in [0.4, 0.5) is 5.69 Å². The zero-order valence-electron chi connectivity index (χ0n) is 17.2. The lowest BCUT2D eigenvalue weighted by Crippen LogP contribution is -2.61. The molecule has 1 N–H and O–H groups in total. The quantitative estimate of drug-likeness (QED) is 0.813. The van der Waals surface area contributed by atoms with Crippen molar-refractivity contribution in [3.63, 3.8) is 0 Å². The van der Waals surface area contributed by atoms with Crippen molar-refractivity contribution >= 4 is 23.4 Å². The number of methoxy groups -OCH3 is 1. The molecule has 0 aromatic heterocycles. The monoisotopic (exact) mass is 417 g/mol. The minimum atomic E-state index is -1.02. The molecule has 4 atom stereocenters. The molecule has 1 spiro atoms. The number of rotatable bonds is 2. The van der Waals surface area contributed by atoms with Gasteiger partial charge in [0.1, 0.15) is 23.2 Å². The van der Waals surface area contributed by atoms with Crippen molar-refractivity contribution in [2.24, 2.45) is 0 Å². The van der Waals surface area contributed by atoms with Gasteiger partial charge >= 0.3 is 0 Å². The summed E-state index contributed by atoms with van der Waals surface area (Å²) in [5.74, 6) is 0.410. The first-order chi connectivity index (χ1) is 15.1. The van der Waals surface area contributed by atoms with Crippen molar-refractivity contribution < 1.29 is 19.1 Å². The number of amides is 3. The third kappa shape index (κ3) is 2.26. The molecule has 0 unspecified atom stereocenters. The van der Waals surface area contributed by atoms with Crippen molar-refractivity contribution in [3.05, 3.63) is 59.7 Å². The average molecular weight is 417 g/mol. The van der Waals surface area contributed by atoms with E-state index in [4.69, 9.17) is 4.74 Å². The number of nitrogens with zero attached hydrogens (tertiary/aromatic N) is 2. The van der Waals surface area contributed by atoms with E-state index < -0.39 is 23.5 Å². The van der Waals surface area contributed by atoms with E-state index in [-0.39, 0.29) is 24.1 Å². The number of hydrogen-bond acceptors (Lipinski definition) is 4. The van der Waals surface area contributed by atoms with Gasteiger partial charge in [0.25, 0.3) is 0 Å². The Morgan fingerprint density at radius 3 is 2.61 bits per heavy atom. The average Bonchev–Trinajstić information content (AvgIpc) is 3.48. The highest BCUT2D eigenvalue weighted by Crippen LogP contribution is 2.58. The molecule has 3 amide bonds. The third-order valence-corrected chi connectivity index (χ3v) is 7.43. The molecule has 0 bridgehead atoms. The first-order valence-electron chi connectivity index (χ1n) is 10.7. The van der Waals surface area contributed by atoms with Crippen molar-refractivity contribution in [1.29, 1.82) is 0 Å². The van der Waals surface area contributed by atoms with Crippen LogP contribution in [0.15, 0.2) is 48.5 Å². The van der Waals surface area contributed by atoms with Gasteiger partial charge in [-0.05, 0) is 36.5 Å². The van der Waals surface area contributed by atoms with Crippen molar-refractivity contribution in [3.8, 4) is 5.75 Å². The molecule has 7 nitrogen and oxygen atoms in total. The van der Waals surface area contributed by atoms with Crippen LogP contribution in [0.25, 0.3) is 0 Å². The van der Waals surface area contributed by atoms with E-state index in [9.17, 15) is 14.4 Å². The first-order valence-corrected chi connectivity index (χ1v) is 10.7. The number of hydrogen-bond donors (Lipinski definition) is 1. The number of fused-ring (bicyclic) bond motifs is 4. The van der Waals surface area contributed by atoms with Gasteiger partial charge in [0, 0.05) is 18.3 Å². The topological polar surface area (TPSA) is 79.0 Å². The number of ether oxygens (including phenoxy) is 1. The number of carbonyl (C=O) groups excluding carboxylic acids is 3. The highest BCUT2D eigenvalue weighted by atomic mass is 16.5. The van der Waals surface area contributed by atoms with Crippen LogP contribution >= 0.6 is 0 Å².